The fraction of sp³-hybridized carbons (Fsp3) is 0.158. The fourth-order valence-electron chi connectivity index (χ4n) is 2.84. The maximum atomic E-state index is 5.40. The Morgan fingerprint density at radius 3 is 2.65 bits per heavy atom. The van der Waals surface area contributed by atoms with E-state index in [0.717, 1.165) is 17.6 Å². The lowest BCUT2D eigenvalue weighted by Crippen LogP contribution is -2.03. The summed E-state index contributed by atoms with van der Waals surface area (Å²) in [5.41, 5.74) is 4.49. The lowest BCUT2D eigenvalue weighted by atomic mass is 10.0. The molecule has 7 heteroatoms. The van der Waals surface area contributed by atoms with Crippen molar-refractivity contribution in [3.05, 3.63) is 66.1 Å². The van der Waals surface area contributed by atoms with E-state index in [1.165, 1.54) is 12.7 Å². The number of ether oxygens (including phenoxy) is 2. The number of imidazole rings is 1. The van der Waals surface area contributed by atoms with E-state index >= 15 is 0 Å². The van der Waals surface area contributed by atoms with Crippen LogP contribution in [0.4, 0.5) is 0 Å². The van der Waals surface area contributed by atoms with Gasteiger partial charge in [0, 0.05) is 30.6 Å². The summed E-state index contributed by atoms with van der Waals surface area (Å²) in [6.07, 6.45) is 5.96. The number of fused-ring (bicyclic) bond motifs is 1. The first kappa shape index (κ1) is 16.0. The Balaban J connectivity index is 1.84. The van der Waals surface area contributed by atoms with Crippen LogP contribution in [0.2, 0.25) is 0 Å². The van der Waals surface area contributed by atoms with Crippen molar-refractivity contribution in [1.82, 2.24) is 24.6 Å². The smallest absolute Gasteiger partial charge is 0.319 e. The maximum Gasteiger partial charge on any atom is 0.319 e. The van der Waals surface area contributed by atoms with Crippen molar-refractivity contribution >= 4 is 5.65 Å². The highest BCUT2D eigenvalue weighted by Gasteiger charge is 2.15. The van der Waals surface area contributed by atoms with Gasteiger partial charge in [-0.05, 0) is 11.6 Å². The second-order valence-corrected chi connectivity index (χ2v) is 5.69. The lowest BCUT2D eigenvalue weighted by Gasteiger charge is -2.10. The summed E-state index contributed by atoms with van der Waals surface area (Å²) in [6.45, 7) is 0. The van der Waals surface area contributed by atoms with Crippen LogP contribution >= 0.6 is 0 Å². The highest BCUT2D eigenvalue weighted by Crippen LogP contribution is 2.29. The summed E-state index contributed by atoms with van der Waals surface area (Å²) in [5.74, 6) is 0.412. The van der Waals surface area contributed by atoms with Crippen LogP contribution < -0.4 is 9.47 Å². The third-order valence-corrected chi connectivity index (χ3v) is 4.06. The van der Waals surface area contributed by atoms with Gasteiger partial charge in [-0.2, -0.15) is 10.1 Å². The van der Waals surface area contributed by atoms with Gasteiger partial charge < -0.3 is 9.47 Å². The normalized spacial score (nSPS) is 10.8. The minimum Gasteiger partial charge on any atom is -0.480 e. The summed E-state index contributed by atoms with van der Waals surface area (Å²) in [6, 6.07) is 12.5. The Kier molecular flexibility index (Phi) is 4.18. The summed E-state index contributed by atoms with van der Waals surface area (Å²) < 4.78 is 12.2. The van der Waals surface area contributed by atoms with Gasteiger partial charge in [-0.3, -0.25) is 0 Å². The first-order valence-electron chi connectivity index (χ1n) is 8.11. The van der Waals surface area contributed by atoms with Crippen molar-refractivity contribution in [3.63, 3.8) is 0 Å². The fourth-order valence-corrected chi connectivity index (χ4v) is 2.84. The predicted octanol–water partition coefficient (Wildman–Crippen LogP) is 2.79. The molecule has 0 radical (unpaired) electrons. The minimum absolute atomic E-state index is 0.249. The first-order chi connectivity index (χ1) is 12.8. The molecule has 0 aliphatic carbocycles. The van der Waals surface area contributed by atoms with Crippen molar-refractivity contribution in [2.75, 3.05) is 14.2 Å². The Bertz CT molecular complexity index is 1050. The van der Waals surface area contributed by atoms with Gasteiger partial charge in [0.1, 0.15) is 0 Å². The van der Waals surface area contributed by atoms with E-state index in [4.69, 9.17) is 9.47 Å². The maximum absolute atomic E-state index is 5.40. The van der Waals surface area contributed by atoms with Crippen LogP contribution in [-0.4, -0.2) is 38.8 Å². The van der Waals surface area contributed by atoms with E-state index in [-0.39, 0.29) is 6.01 Å². The molecule has 3 aromatic heterocycles. The second kappa shape index (κ2) is 6.79. The predicted molar refractivity (Wildman–Crippen MR) is 96.4 cm³/mol. The van der Waals surface area contributed by atoms with Crippen molar-refractivity contribution in [1.29, 1.82) is 0 Å². The van der Waals surface area contributed by atoms with Crippen LogP contribution in [-0.2, 0) is 6.42 Å². The van der Waals surface area contributed by atoms with E-state index in [1.807, 2.05) is 30.5 Å². The summed E-state index contributed by atoms with van der Waals surface area (Å²) in [7, 11) is 3.08. The molecular formula is C19H17N5O2. The molecule has 0 N–H and O–H groups in total. The van der Waals surface area contributed by atoms with Gasteiger partial charge in [-0.25, -0.2) is 14.5 Å². The molecule has 4 rings (SSSR count). The van der Waals surface area contributed by atoms with Crippen LogP contribution in [0.5, 0.6) is 11.9 Å². The summed E-state index contributed by atoms with van der Waals surface area (Å²) >= 11 is 0. The van der Waals surface area contributed by atoms with Crippen molar-refractivity contribution < 1.29 is 9.47 Å². The summed E-state index contributed by atoms with van der Waals surface area (Å²) in [5, 5.41) is 4.63. The molecule has 0 aliphatic heterocycles. The molecule has 0 saturated heterocycles. The quantitative estimate of drug-likeness (QED) is 0.553. The van der Waals surface area contributed by atoms with Gasteiger partial charge >= 0.3 is 6.01 Å². The molecule has 0 bridgehead atoms. The molecule has 3 heterocycles. The number of methoxy groups -OCH3 is 2. The van der Waals surface area contributed by atoms with Crippen molar-refractivity contribution in [3.8, 4) is 23.1 Å². The van der Waals surface area contributed by atoms with Gasteiger partial charge in [0.05, 0.1) is 25.5 Å². The van der Waals surface area contributed by atoms with Crippen LogP contribution in [0.1, 0.15) is 11.1 Å². The van der Waals surface area contributed by atoms with E-state index in [0.29, 0.717) is 17.1 Å². The van der Waals surface area contributed by atoms with Gasteiger partial charge in [-0.1, -0.05) is 30.3 Å². The Labute approximate surface area is 150 Å². The molecule has 4 aromatic rings. The van der Waals surface area contributed by atoms with Crippen molar-refractivity contribution in [2.24, 2.45) is 0 Å². The zero-order chi connectivity index (χ0) is 17.9. The molecule has 0 saturated carbocycles. The molecule has 0 unspecified atom stereocenters. The summed E-state index contributed by atoms with van der Waals surface area (Å²) in [4.78, 5) is 12.9. The minimum atomic E-state index is 0.249. The number of hydrogen-bond donors (Lipinski definition) is 0. The molecule has 1 aromatic carbocycles. The molecule has 0 spiro atoms. The zero-order valence-corrected chi connectivity index (χ0v) is 14.5. The number of benzene rings is 1. The van der Waals surface area contributed by atoms with Crippen LogP contribution in [0, 0.1) is 0 Å². The van der Waals surface area contributed by atoms with Gasteiger partial charge in [0.25, 0.3) is 0 Å². The third kappa shape index (κ3) is 2.95. The van der Waals surface area contributed by atoms with E-state index in [9.17, 15) is 0 Å². The van der Waals surface area contributed by atoms with Crippen molar-refractivity contribution in [2.45, 2.75) is 6.42 Å². The van der Waals surface area contributed by atoms with E-state index in [2.05, 4.69) is 32.2 Å². The van der Waals surface area contributed by atoms with Gasteiger partial charge in [0.15, 0.2) is 5.65 Å². The largest absolute Gasteiger partial charge is 0.480 e. The Hall–Kier alpha value is -3.48. The second-order valence-electron chi connectivity index (χ2n) is 5.69. The number of aromatic nitrogens is 5. The van der Waals surface area contributed by atoms with Gasteiger partial charge in [-0.15, -0.1) is 0 Å². The number of nitrogens with zero attached hydrogens (tertiary/aromatic N) is 5. The molecular weight excluding hydrogens is 330 g/mol. The number of hydrogen-bond acceptors (Lipinski definition) is 6. The Morgan fingerprint density at radius 2 is 1.88 bits per heavy atom. The molecule has 130 valence electrons. The van der Waals surface area contributed by atoms with Gasteiger partial charge in [0.2, 0.25) is 5.88 Å². The molecule has 0 aliphatic rings. The molecule has 26 heavy (non-hydrogen) atoms. The monoisotopic (exact) mass is 347 g/mol. The average Bonchev–Trinajstić information content (AvgIpc) is 3.17. The topological polar surface area (TPSA) is 74.4 Å². The molecule has 0 atom stereocenters. The molecule has 0 fully saturated rings. The highest BCUT2D eigenvalue weighted by molar-refractivity contribution is 5.67. The SMILES string of the molecule is COc1ncc(-c2cc(Cc3ccccc3)c3nccn3n2)c(OC)n1. The van der Waals surface area contributed by atoms with E-state index < -0.39 is 0 Å². The number of rotatable bonds is 5. The van der Waals surface area contributed by atoms with Crippen LogP contribution in [0.15, 0.2) is 55.0 Å². The standard InChI is InChI=1S/C19H17N5O2/c1-25-18-15(12-21-19(22-18)26-2)16-11-14(10-13-6-4-3-5-7-13)17-20-8-9-24(17)23-16/h3-9,11-12H,10H2,1-2H3. The van der Waals surface area contributed by atoms with Crippen LogP contribution in [0.3, 0.4) is 0 Å². The lowest BCUT2D eigenvalue weighted by molar-refractivity contribution is 0.353. The van der Waals surface area contributed by atoms with Crippen LogP contribution in [0.25, 0.3) is 16.9 Å². The zero-order valence-electron chi connectivity index (χ0n) is 14.5. The Morgan fingerprint density at radius 1 is 1.04 bits per heavy atom. The highest BCUT2D eigenvalue weighted by atomic mass is 16.5. The van der Waals surface area contributed by atoms with E-state index in [1.54, 1.807) is 24.0 Å². The molecule has 0 amide bonds. The molecule has 7 nitrogen and oxygen atoms in total. The first-order valence-corrected chi connectivity index (χ1v) is 8.11. The average molecular weight is 347 g/mol. The third-order valence-electron chi connectivity index (χ3n) is 4.06.